The van der Waals surface area contributed by atoms with Crippen molar-refractivity contribution in [2.24, 2.45) is 0 Å². The summed E-state index contributed by atoms with van der Waals surface area (Å²) in [4.78, 5) is 14.0. The third kappa shape index (κ3) is 4.33. The van der Waals surface area contributed by atoms with Gasteiger partial charge in [-0.05, 0) is 47.0 Å². The maximum Gasteiger partial charge on any atom is 0.410 e. The standard InChI is InChI=1S/C16H29NO5/c1-15(2,3)22-14(19)17-10-12(9-16(17,4)11-18)21-13-7-5-6-8-20-13/h12-13,18H,5-11H2,1-4H3/t12-,13?,16?/m1/s1. The topological polar surface area (TPSA) is 68.2 Å². The molecule has 0 spiro atoms. The fourth-order valence-electron chi connectivity index (χ4n) is 2.98. The maximum atomic E-state index is 12.4. The van der Waals surface area contributed by atoms with Crippen LogP contribution in [0, 0.1) is 0 Å². The second-order valence-corrected chi connectivity index (χ2v) is 7.50. The Morgan fingerprint density at radius 1 is 1.41 bits per heavy atom. The number of carbonyl (C=O) groups is 1. The first kappa shape index (κ1) is 17.5. The predicted molar refractivity (Wildman–Crippen MR) is 81.5 cm³/mol. The molecule has 2 aliphatic rings. The number of ether oxygens (including phenoxy) is 3. The van der Waals surface area contributed by atoms with Crippen molar-refractivity contribution < 1.29 is 24.1 Å². The molecular formula is C16H29NO5. The molecule has 2 saturated heterocycles. The number of aliphatic hydroxyl groups is 1. The number of carbonyl (C=O) groups excluding carboxylic acids is 1. The average Bonchev–Trinajstić information content (AvgIpc) is 2.76. The maximum absolute atomic E-state index is 12.4. The zero-order valence-electron chi connectivity index (χ0n) is 14.1. The van der Waals surface area contributed by atoms with E-state index in [1.165, 1.54) is 0 Å². The predicted octanol–water partition coefficient (Wildman–Crippen LogP) is 2.29. The summed E-state index contributed by atoms with van der Waals surface area (Å²) >= 11 is 0. The van der Waals surface area contributed by atoms with Crippen LogP contribution in [0.2, 0.25) is 0 Å². The van der Waals surface area contributed by atoms with Gasteiger partial charge in [-0.15, -0.1) is 0 Å². The number of likely N-dealkylation sites (tertiary alicyclic amines) is 1. The van der Waals surface area contributed by atoms with E-state index in [0.717, 1.165) is 25.9 Å². The van der Waals surface area contributed by atoms with Gasteiger partial charge in [0.2, 0.25) is 0 Å². The summed E-state index contributed by atoms with van der Waals surface area (Å²) in [5, 5.41) is 9.73. The van der Waals surface area contributed by atoms with Gasteiger partial charge in [0.15, 0.2) is 6.29 Å². The van der Waals surface area contributed by atoms with Crippen LogP contribution >= 0.6 is 0 Å². The molecule has 6 nitrogen and oxygen atoms in total. The summed E-state index contributed by atoms with van der Waals surface area (Å²) in [6, 6.07) is 0. The summed E-state index contributed by atoms with van der Waals surface area (Å²) in [7, 11) is 0. The average molecular weight is 315 g/mol. The number of rotatable bonds is 3. The van der Waals surface area contributed by atoms with E-state index < -0.39 is 17.2 Å². The normalized spacial score (nSPS) is 33.0. The van der Waals surface area contributed by atoms with E-state index in [1.807, 2.05) is 27.7 Å². The SMILES string of the molecule is CC(C)(C)OC(=O)N1C[C@H](OC2CCCCO2)CC1(C)CO. The van der Waals surface area contributed by atoms with Gasteiger partial charge in [0.1, 0.15) is 5.60 Å². The molecule has 0 aromatic rings. The molecule has 128 valence electrons. The summed E-state index contributed by atoms with van der Waals surface area (Å²) in [5.74, 6) is 0. The zero-order chi connectivity index (χ0) is 16.4. The van der Waals surface area contributed by atoms with Gasteiger partial charge >= 0.3 is 6.09 Å². The van der Waals surface area contributed by atoms with Gasteiger partial charge in [0, 0.05) is 13.0 Å². The number of hydrogen-bond donors (Lipinski definition) is 1. The van der Waals surface area contributed by atoms with E-state index in [9.17, 15) is 9.90 Å². The second kappa shape index (κ2) is 6.72. The van der Waals surface area contributed by atoms with Crippen LogP contribution in [0.3, 0.4) is 0 Å². The summed E-state index contributed by atoms with van der Waals surface area (Å²) in [5.41, 5.74) is -1.21. The molecule has 0 saturated carbocycles. The lowest BCUT2D eigenvalue weighted by Crippen LogP contribution is -2.49. The molecule has 2 fully saturated rings. The molecule has 22 heavy (non-hydrogen) atoms. The van der Waals surface area contributed by atoms with E-state index in [-0.39, 0.29) is 19.0 Å². The molecule has 0 bridgehead atoms. The van der Waals surface area contributed by atoms with Gasteiger partial charge in [-0.25, -0.2) is 4.79 Å². The molecular weight excluding hydrogens is 286 g/mol. The zero-order valence-corrected chi connectivity index (χ0v) is 14.1. The highest BCUT2D eigenvalue weighted by Crippen LogP contribution is 2.33. The van der Waals surface area contributed by atoms with Crippen molar-refractivity contribution >= 4 is 6.09 Å². The van der Waals surface area contributed by atoms with Crippen molar-refractivity contribution in [3.8, 4) is 0 Å². The fraction of sp³-hybridized carbons (Fsp3) is 0.938. The molecule has 0 aromatic carbocycles. The Hall–Kier alpha value is -0.850. The van der Waals surface area contributed by atoms with Gasteiger partial charge in [-0.1, -0.05) is 0 Å². The lowest BCUT2D eigenvalue weighted by atomic mass is 9.99. The first-order valence-electron chi connectivity index (χ1n) is 8.12. The summed E-state index contributed by atoms with van der Waals surface area (Å²) < 4.78 is 17.0. The lowest BCUT2D eigenvalue weighted by Gasteiger charge is -2.34. The van der Waals surface area contributed by atoms with E-state index in [2.05, 4.69) is 0 Å². The summed E-state index contributed by atoms with van der Waals surface area (Å²) in [6.07, 6.45) is 2.92. The quantitative estimate of drug-likeness (QED) is 0.865. The molecule has 2 heterocycles. The largest absolute Gasteiger partial charge is 0.444 e. The molecule has 2 aliphatic heterocycles. The van der Waals surface area contributed by atoms with Crippen molar-refractivity contribution in [3.05, 3.63) is 0 Å². The van der Waals surface area contributed by atoms with Crippen molar-refractivity contribution in [1.82, 2.24) is 4.90 Å². The highest BCUT2D eigenvalue weighted by atomic mass is 16.7. The molecule has 0 radical (unpaired) electrons. The van der Waals surface area contributed by atoms with Crippen LogP contribution < -0.4 is 0 Å². The van der Waals surface area contributed by atoms with Gasteiger partial charge in [0.25, 0.3) is 0 Å². The number of nitrogens with zero attached hydrogens (tertiary/aromatic N) is 1. The van der Waals surface area contributed by atoms with Crippen LogP contribution in [0.1, 0.15) is 53.4 Å². The third-order valence-corrected chi connectivity index (χ3v) is 4.14. The number of aliphatic hydroxyl groups excluding tert-OH is 1. The molecule has 2 rings (SSSR count). The molecule has 1 N–H and O–H groups in total. The Kier molecular flexibility index (Phi) is 5.35. The minimum Gasteiger partial charge on any atom is -0.444 e. The smallest absolute Gasteiger partial charge is 0.410 e. The van der Waals surface area contributed by atoms with Gasteiger partial charge in [-0.2, -0.15) is 0 Å². The van der Waals surface area contributed by atoms with Gasteiger partial charge in [0.05, 0.1) is 24.8 Å². The minimum atomic E-state index is -0.651. The second-order valence-electron chi connectivity index (χ2n) is 7.50. The van der Waals surface area contributed by atoms with Crippen LogP contribution in [-0.4, -0.2) is 59.4 Å². The first-order chi connectivity index (χ1) is 10.2. The highest BCUT2D eigenvalue weighted by Gasteiger charge is 2.47. The summed E-state index contributed by atoms with van der Waals surface area (Å²) in [6.45, 7) is 8.40. The first-order valence-corrected chi connectivity index (χ1v) is 8.12. The van der Waals surface area contributed by atoms with Crippen molar-refractivity contribution in [1.29, 1.82) is 0 Å². The van der Waals surface area contributed by atoms with E-state index in [0.29, 0.717) is 13.0 Å². The van der Waals surface area contributed by atoms with Gasteiger partial charge < -0.3 is 19.3 Å². The van der Waals surface area contributed by atoms with Crippen LogP contribution in [0.5, 0.6) is 0 Å². The van der Waals surface area contributed by atoms with E-state index >= 15 is 0 Å². The Labute approximate surface area is 132 Å². The Morgan fingerprint density at radius 3 is 2.68 bits per heavy atom. The Balaban J connectivity index is 1.98. The van der Waals surface area contributed by atoms with Crippen molar-refractivity contribution in [2.75, 3.05) is 19.8 Å². The fourth-order valence-corrected chi connectivity index (χ4v) is 2.98. The Morgan fingerprint density at radius 2 is 2.14 bits per heavy atom. The van der Waals surface area contributed by atoms with E-state index in [1.54, 1.807) is 4.90 Å². The van der Waals surface area contributed by atoms with Crippen molar-refractivity contribution in [3.63, 3.8) is 0 Å². The monoisotopic (exact) mass is 315 g/mol. The molecule has 6 heteroatoms. The Bertz CT molecular complexity index is 388. The van der Waals surface area contributed by atoms with Crippen LogP contribution in [0.15, 0.2) is 0 Å². The molecule has 1 amide bonds. The van der Waals surface area contributed by atoms with E-state index in [4.69, 9.17) is 14.2 Å². The molecule has 0 aliphatic carbocycles. The van der Waals surface area contributed by atoms with Crippen LogP contribution in [-0.2, 0) is 14.2 Å². The number of hydrogen-bond acceptors (Lipinski definition) is 5. The number of amides is 1. The van der Waals surface area contributed by atoms with Gasteiger partial charge in [-0.3, -0.25) is 4.90 Å². The highest BCUT2D eigenvalue weighted by molar-refractivity contribution is 5.69. The molecule has 2 unspecified atom stereocenters. The van der Waals surface area contributed by atoms with Crippen molar-refractivity contribution in [2.45, 2.75) is 76.9 Å². The minimum absolute atomic E-state index is 0.113. The lowest BCUT2D eigenvalue weighted by molar-refractivity contribution is -0.185. The van der Waals surface area contributed by atoms with Crippen LogP contribution in [0.4, 0.5) is 4.79 Å². The molecule has 3 atom stereocenters. The van der Waals surface area contributed by atoms with Crippen LogP contribution in [0.25, 0.3) is 0 Å². The third-order valence-electron chi connectivity index (χ3n) is 4.14. The molecule has 0 aromatic heterocycles.